The quantitative estimate of drug-likeness (QED) is 0.805. The number of aromatic nitrogens is 2. The van der Waals surface area contributed by atoms with Gasteiger partial charge in [-0.3, -0.25) is 9.89 Å². The van der Waals surface area contributed by atoms with Crippen molar-refractivity contribution in [1.29, 1.82) is 0 Å². The molecule has 5 heteroatoms. The molecule has 2 aromatic heterocycles. The molecular weight excluding hydrogens is 266 g/mol. The highest BCUT2D eigenvalue weighted by Gasteiger charge is 2.18. The van der Waals surface area contributed by atoms with Crippen molar-refractivity contribution in [3.05, 3.63) is 30.2 Å². The summed E-state index contributed by atoms with van der Waals surface area (Å²) in [5, 5.41) is 7.00. The van der Waals surface area contributed by atoms with E-state index in [0.717, 1.165) is 44.5 Å². The van der Waals surface area contributed by atoms with Gasteiger partial charge in [-0.25, -0.2) is 0 Å². The number of carbonyl (C=O) groups excluding carboxylic acids is 1. The van der Waals surface area contributed by atoms with Crippen LogP contribution in [0.25, 0.3) is 11.5 Å². The first kappa shape index (κ1) is 15.4. The van der Waals surface area contributed by atoms with Gasteiger partial charge in [-0.15, -0.1) is 0 Å². The van der Waals surface area contributed by atoms with Gasteiger partial charge in [0.15, 0.2) is 11.5 Å². The van der Waals surface area contributed by atoms with Gasteiger partial charge >= 0.3 is 0 Å². The van der Waals surface area contributed by atoms with Gasteiger partial charge in [0.2, 0.25) is 0 Å². The van der Waals surface area contributed by atoms with E-state index in [2.05, 4.69) is 24.0 Å². The molecule has 0 aromatic carbocycles. The van der Waals surface area contributed by atoms with Gasteiger partial charge in [-0.05, 0) is 25.0 Å². The SMILES string of the molecule is CCCCN(CCCC)C(=O)c1cc(-c2ccco2)[nH]n1. The Labute approximate surface area is 125 Å². The molecule has 0 aliphatic rings. The highest BCUT2D eigenvalue weighted by atomic mass is 16.3. The summed E-state index contributed by atoms with van der Waals surface area (Å²) in [6.07, 6.45) is 5.80. The summed E-state index contributed by atoms with van der Waals surface area (Å²) in [6.45, 7) is 5.84. The Balaban J connectivity index is 2.08. The van der Waals surface area contributed by atoms with Crippen LogP contribution in [0, 0.1) is 0 Å². The predicted molar refractivity (Wildman–Crippen MR) is 82.0 cm³/mol. The van der Waals surface area contributed by atoms with Crippen LogP contribution in [-0.4, -0.2) is 34.1 Å². The van der Waals surface area contributed by atoms with Crippen molar-refractivity contribution >= 4 is 5.91 Å². The van der Waals surface area contributed by atoms with E-state index in [1.807, 2.05) is 17.0 Å². The van der Waals surface area contributed by atoms with Gasteiger partial charge in [0.1, 0.15) is 5.69 Å². The molecule has 0 radical (unpaired) electrons. The molecule has 114 valence electrons. The van der Waals surface area contributed by atoms with Crippen LogP contribution in [0.3, 0.4) is 0 Å². The number of furan rings is 1. The number of H-pyrrole nitrogens is 1. The molecule has 0 bridgehead atoms. The lowest BCUT2D eigenvalue weighted by atomic mass is 10.2. The number of nitrogens with zero attached hydrogens (tertiary/aromatic N) is 2. The molecule has 0 unspecified atom stereocenters. The van der Waals surface area contributed by atoms with Crippen molar-refractivity contribution in [1.82, 2.24) is 15.1 Å². The number of carbonyl (C=O) groups is 1. The third-order valence-electron chi connectivity index (χ3n) is 3.43. The van der Waals surface area contributed by atoms with Gasteiger partial charge in [-0.1, -0.05) is 26.7 Å². The number of nitrogens with one attached hydrogen (secondary N) is 1. The highest BCUT2D eigenvalue weighted by Crippen LogP contribution is 2.18. The second-order valence-electron chi connectivity index (χ2n) is 5.14. The topological polar surface area (TPSA) is 62.1 Å². The average molecular weight is 289 g/mol. The predicted octanol–water partition coefficient (Wildman–Crippen LogP) is 3.71. The monoisotopic (exact) mass is 289 g/mol. The first-order valence-corrected chi connectivity index (χ1v) is 7.64. The number of amides is 1. The van der Waals surface area contributed by atoms with E-state index in [1.54, 1.807) is 12.3 Å². The lowest BCUT2D eigenvalue weighted by Crippen LogP contribution is -2.33. The van der Waals surface area contributed by atoms with Crippen LogP contribution >= 0.6 is 0 Å². The minimum Gasteiger partial charge on any atom is -0.463 e. The van der Waals surface area contributed by atoms with Crippen LogP contribution in [0.2, 0.25) is 0 Å². The second kappa shape index (κ2) is 7.67. The Bertz CT molecular complexity index is 538. The molecule has 5 nitrogen and oxygen atoms in total. The molecule has 0 fully saturated rings. The number of hydrogen-bond acceptors (Lipinski definition) is 3. The molecule has 2 rings (SSSR count). The van der Waals surface area contributed by atoms with Crippen molar-refractivity contribution in [2.24, 2.45) is 0 Å². The summed E-state index contributed by atoms with van der Waals surface area (Å²) in [4.78, 5) is 14.5. The first-order chi connectivity index (χ1) is 10.3. The lowest BCUT2D eigenvalue weighted by molar-refractivity contribution is 0.0745. The molecule has 0 saturated carbocycles. The van der Waals surface area contributed by atoms with Crippen molar-refractivity contribution in [2.75, 3.05) is 13.1 Å². The number of hydrogen-bond donors (Lipinski definition) is 1. The molecule has 0 saturated heterocycles. The molecule has 0 atom stereocenters. The minimum absolute atomic E-state index is 0.00837. The molecule has 0 aliphatic heterocycles. The van der Waals surface area contributed by atoms with E-state index in [0.29, 0.717) is 11.5 Å². The van der Waals surface area contributed by atoms with Crippen molar-refractivity contribution in [2.45, 2.75) is 39.5 Å². The van der Waals surface area contributed by atoms with Crippen LogP contribution in [0.4, 0.5) is 0 Å². The third kappa shape index (κ3) is 3.97. The van der Waals surface area contributed by atoms with Crippen molar-refractivity contribution in [3.63, 3.8) is 0 Å². The largest absolute Gasteiger partial charge is 0.463 e. The van der Waals surface area contributed by atoms with Crippen LogP contribution in [0.5, 0.6) is 0 Å². The van der Waals surface area contributed by atoms with Crippen molar-refractivity contribution < 1.29 is 9.21 Å². The van der Waals surface area contributed by atoms with E-state index in [1.165, 1.54) is 0 Å². The van der Waals surface area contributed by atoms with E-state index < -0.39 is 0 Å². The van der Waals surface area contributed by atoms with Gasteiger partial charge < -0.3 is 9.32 Å². The molecule has 1 N–H and O–H groups in total. The van der Waals surface area contributed by atoms with Crippen LogP contribution in [-0.2, 0) is 0 Å². The van der Waals surface area contributed by atoms with Crippen LogP contribution < -0.4 is 0 Å². The number of rotatable bonds is 8. The van der Waals surface area contributed by atoms with E-state index in [4.69, 9.17) is 4.42 Å². The maximum Gasteiger partial charge on any atom is 0.274 e. The fourth-order valence-electron chi connectivity index (χ4n) is 2.16. The maximum atomic E-state index is 12.6. The smallest absolute Gasteiger partial charge is 0.274 e. The number of aromatic amines is 1. The summed E-state index contributed by atoms with van der Waals surface area (Å²) < 4.78 is 5.31. The summed E-state index contributed by atoms with van der Waals surface area (Å²) in [5.41, 5.74) is 1.18. The molecule has 2 aromatic rings. The normalized spacial score (nSPS) is 10.8. The average Bonchev–Trinajstić information content (AvgIpc) is 3.17. The zero-order valence-corrected chi connectivity index (χ0v) is 12.8. The summed E-state index contributed by atoms with van der Waals surface area (Å²) in [6, 6.07) is 5.41. The first-order valence-electron chi connectivity index (χ1n) is 7.64. The molecule has 1 amide bonds. The number of unbranched alkanes of at least 4 members (excludes halogenated alkanes) is 2. The molecule has 0 aliphatic carbocycles. The summed E-state index contributed by atoms with van der Waals surface area (Å²) >= 11 is 0. The van der Waals surface area contributed by atoms with Crippen LogP contribution in [0.1, 0.15) is 50.0 Å². The van der Waals surface area contributed by atoms with E-state index in [-0.39, 0.29) is 5.91 Å². The highest BCUT2D eigenvalue weighted by molar-refractivity contribution is 5.93. The van der Waals surface area contributed by atoms with Crippen molar-refractivity contribution in [3.8, 4) is 11.5 Å². The zero-order valence-electron chi connectivity index (χ0n) is 12.8. The van der Waals surface area contributed by atoms with Gasteiger partial charge in [0.05, 0.1) is 6.26 Å². The molecule has 21 heavy (non-hydrogen) atoms. The summed E-state index contributed by atoms with van der Waals surface area (Å²) in [7, 11) is 0. The Kier molecular flexibility index (Phi) is 5.60. The fourth-order valence-corrected chi connectivity index (χ4v) is 2.16. The Morgan fingerprint density at radius 2 is 2.00 bits per heavy atom. The molecule has 0 spiro atoms. The maximum absolute atomic E-state index is 12.6. The Hall–Kier alpha value is -2.04. The molecule has 2 heterocycles. The van der Waals surface area contributed by atoms with Crippen LogP contribution in [0.15, 0.2) is 28.9 Å². The van der Waals surface area contributed by atoms with E-state index in [9.17, 15) is 4.79 Å². The zero-order chi connectivity index (χ0) is 15.1. The Morgan fingerprint density at radius 1 is 1.29 bits per heavy atom. The summed E-state index contributed by atoms with van der Waals surface area (Å²) in [5.74, 6) is 0.682. The fraction of sp³-hybridized carbons (Fsp3) is 0.500. The van der Waals surface area contributed by atoms with Gasteiger partial charge in [-0.2, -0.15) is 5.10 Å². The third-order valence-corrected chi connectivity index (χ3v) is 3.43. The second-order valence-corrected chi connectivity index (χ2v) is 5.14. The standard InChI is InChI=1S/C16H23N3O2/c1-3-5-9-19(10-6-4-2)16(20)14-12-13(17-18-14)15-8-7-11-21-15/h7-8,11-12H,3-6,9-10H2,1-2H3,(H,17,18). The van der Waals surface area contributed by atoms with E-state index >= 15 is 0 Å². The minimum atomic E-state index is -0.00837. The molecular formula is C16H23N3O2. The van der Waals surface area contributed by atoms with Gasteiger partial charge in [0, 0.05) is 19.2 Å². The van der Waals surface area contributed by atoms with Gasteiger partial charge in [0.25, 0.3) is 5.91 Å². The lowest BCUT2D eigenvalue weighted by Gasteiger charge is -2.21. The Morgan fingerprint density at radius 3 is 2.57 bits per heavy atom.